The van der Waals surface area contributed by atoms with E-state index in [1.807, 2.05) is 0 Å². The number of allylic oxidation sites excluding steroid dienone is 2. The molecule has 5 atom stereocenters. The van der Waals surface area contributed by atoms with Crippen LogP contribution in [-0.2, 0) is 9.59 Å². The Morgan fingerprint density at radius 3 is 2.45 bits per heavy atom. The standard InChI is InChI=1S/C16H23NO3/c18-15(13-9-10-6-7-11(13)8-10)17-14-5-3-1-2-4-12(14)16(19)20/h6-7,10-14H,1-5,8-9H2,(H,17,18)(H,19,20)/t10?,11?,12-,13?,14+/m1/s1. The zero-order chi connectivity index (χ0) is 14.1. The van der Waals surface area contributed by atoms with E-state index in [9.17, 15) is 14.7 Å². The fourth-order valence-electron chi connectivity index (χ4n) is 4.15. The van der Waals surface area contributed by atoms with Crippen molar-refractivity contribution in [2.75, 3.05) is 0 Å². The molecule has 2 fully saturated rings. The van der Waals surface area contributed by atoms with E-state index in [2.05, 4.69) is 17.5 Å². The summed E-state index contributed by atoms with van der Waals surface area (Å²) in [4.78, 5) is 23.8. The Balaban J connectivity index is 1.64. The molecule has 1 amide bonds. The van der Waals surface area contributed by atoms with E-state index in [0.717, 1.165) is 38.5 Å². The lowest BCUT2D eigenvalue weighted by molar-refractivity contribution is -0.143. The van der Waals surface area contributed by atoms with Crippen LogP contribution in [0.5, 0.6) is 0 Å². The Morgan fingerprint density at radius 2 is 1.80 bits per heavy atom. The molecule has 0 saturated heterocycles. The first kappa shape index (κ1) is 13.7. The SMILES string of the molecule is O=C(N[C@H]1CCCCC[C@H]1C(=O)O)C1CC2C=CC1C2. The van der Waals surface area contributed by atoms with Crippen molar-refractivity contribution in [3.8, 4) is 0 Å². The average molecular weight is 277 g/mol. The first-order chi connectivity index (χ1) is 9.65. The lowest BCUT2D eigenvalue weighted by atomic mass is 9.90. The van der Waals surface area contributed by atoms with Crippen molar-refractivity contribution < 1.29 is 14.7 Å². The first-order valence-corrected chi connectivity index (χ1v) is 7.86. The smallest absolute Gasteiger partial charge is 0.308 e. The van der Waals surface area contributed by atoms with Crippen LogP contribution in [0.4, 0.5) is 0 Å². The number of amides is 1. The van der Waals surface area contributed by atoms with Gasteiger partial charge in [-0.3, -0.25) is 9.59 Å². The van der Waals surface area contributed by atoms with E-state index in [-0.39, 0.29) is 17.9 Å². The van der Waals surface area contributed by atoms with E-state index in [1.165, 1.54) is 0 Å². The predicted octanol–water partition coefficient (Wildman–Crippen LogP) is 2.35. The van der Waals surface area contributed by atoms with Gasteiger partial charge in [-0.1, -0.05) is 31.4 Å². The highest BCUT2D eigenvalue weighted by molar-refractivity contribution is 5.81. The number of fused-ring (bicyclic) bond motifs is 2. The lowest BCUT2D eigenvalue weighted by Crippen LogP contribution is -2.45. The van der Waals surface area contributed by atoms with Crippen molar-refractivity contribution in [3.05, 3.63) is 12.2 Å². The summed E-state index contributed by atoms with van der Waals surface area (Å²) in [5.41, 5.74) is 0. The van der Waals surface area contributed by atoms with Gasteiger partial charge in [-0.25, -0.2) is 0 Å². The van der Waals surface area contributed by atoms with Crippen LogP contribution in [0.25, 0.3) is 0 Å². The minimum absolute atomic E-state index is 0.0719. The summed E-state index contributed by atoms with van der Waals surface area (Å²) in [5, 5.41) is 12.4. The molecular formula is C16H23NO3. The van der Waals surface area contributed by atoms with E-state index in [0.29, 0.717) is 18.3 Å². The number of carboxylic acids is 1. The molecule has 0 aromatic carbocycles. The molecule has 3 unspecified atom stereocenters. The van der Waals surface area contributed by atoms with Crippen LogP contribution in [-0.4, -0.2) is 23.0 Å². The molecule has 2 saturated carbocycles. The van der Waals surface area contributed by atoms with Gasteiger partial charge in [0.2, 0.25) is 5.91 Å². The molecule has 2 N–H and O–H groups in total. The van der Waals surface area contributed by atoms with Crippen LogP contribution in [0.15, 0.2) is 12.2 Å². The maximum absolute atomic E-state index is 12.4. The second kappa shape index (κ2) is 5.58. The van der Waals surface area contributed by atoms with Crippen molar-refractivity contribution in [2.24, 2.45) is 23.7 Å². The van der Waals surface area contributed by atoms with Gasteiger partial charge in [-0.2, -0.15) is 0 Å². The number of aliphatic carboxylic acids is 1. The highest BCUT2D eigenvalue weighted by Crippen LogP contribution is 2.43. The summed E-state index contributed by atoms with van der Waals surface area (Å²) < 4.78 is 0. The van der Waals surface area contributed by atoms with Crippen LogP contribution in [0.3, 0.4) is 0 Å². The van der Waals surface area contributed by atoms with Crippen molar-refractivity contribution in [1.29, 1.82) is 0 Å². The second-order valence-corrected chi connectivity index (χ2v) is 6.58. The van der Waals surface area contributed by atoms with Gasteiger partial charge in [-0.15, -0.1) is 0 Å². The van der Waals surface area contributed by atoms with Crippen molar-refractivity contribution in [1.82, 2.24) is 5.32 Å². The molecule has 3 aliphatic carbocycles. The average Bonchev–Trinajstić information content (AvgIpc) is 2.97. The summed E-state index contributed by atoms with van der Waals surface area (Å²) in [5.74, 6) is -0.0578. The Morgan fingerprint density at radius 1 is 1.00 bits per heavy atom. The van der Waals surface area contributed by atoms with E-state index >= 15 is 0 Å². The molecular weight excluding hydrogens is 254 g/mol. The summed E-state index contributed by atoms with van der Waals surface area (Å²) in [6.07, 6.45) is 11.0. The number of hydrogen-bond donors (Lipinski definition) is 2. The molecule has 0 heterocycles. The molecule has 4 nitrogen and oxygen atoms in total. The van der Waals surface area contributed by atoms with Crippen molar-refractivity contribution in [3.63, 3.8) is 0 Å². The predicted molar refractivity (Wildman–Crippen MR) is 75.0 cm³/mol. The van der Waals surface area contributed by atoms with Gasteiger partial charge >= 0.3 is 5.97 Å². The third-order valence-corrected chi connectivity index (χ3v) is 5.28. The number of carboxylic acid groups (broad SMARTS) is 1. The number of rotatable bonds is 3. The van der Waals surface area contributed by atoms with Crippen molar-refractivity contribution in [2.45, 2.75) is 51.0 Å². The second-order valence-electron chi connectivity index (χ2n) is 6.58. The summed E-state index contributed by atoms with van der Waals surface area (Å²) in [6.45, 7) is 0. The number of carbonyl (C=O) groups is 2. The van der Waals surface area contributed by atoms with Gasteiger partial charge < -0.3 is 10.4 Å². The van der Waals surface area contributed by atoms with Crippen LogP contribution >= 0.6 is 0 Å². The van der Waals surface area contributed by atoms with Gasteiger partial charge in [0.05, 0.1) is 5.92 Å². The van der Waals surface area contributed by atoms with Crippen LogP contribution < -0.4 is 5.32 Å². The molecule has 0 radical (unpaired) electrons. The number of nitrogens with one attached hydrogen (secondary N) is 1. The molecule has 20 heavy (non-hydrogen) atoms. The third kappa shape index (κ3) is 2.60. The molecule has 3 rings (SSSR count). The van der Waals surface area contributed by atoms with Gasteiger partial charge in [0.15, 0.2) is 0 Å². The zero-order valence-corrected chi connectivity index (χ0v) is 11.8. The van der Waals surface area contributed by atoms with Crippen LogP contribution in [0.2, 0.25) is 0 Å². The third-order valence-electron chi connectivity index (χ3n) is 5.28. The molecule has 110 valence electrons. The van der Waals surface area contributed by atoms with Gasteiger partial charge in [-0.05, 0) is 37.5 Å². The Labute approximate surface area is 119 Å². The highest BCUT2D eigenvalue weighted by atomic mass is 16.4. The van der Waals surface area contributed by atoms with Crippen molar-refractivity contribution >= 4 is 11.9 Å². The van der Waals surface area contributed by atoms with Crippen LogP contribution in [0, 0.1) is 23.7 Å². The quantitative estimate of drug-likeness (QED) is 0.614. The molecule has 2 bridgehead atoms. The minimum atomic E-state index is -0.759. The normalized spacial score (nSPS) is 39.5. The first-order valence-electron chi connectivity index (χ1n) is 7.86. The number of hydrogen-bond acceptors (Lipinski definition) is 2. The van der Waals surface area contributed by atoms with E-state index in [1.54, 1.807) is 0 Å². The maximum Gasteiger partial charge on any atom is 0.308 e. The molecule has 0 aliphatic heterocycles. The van der Waals surface area contributed by atoms with E-state index < -0.39 is 11.9 Å². The minimum Gasteiger partial charge on any atom is -0.481 e. The monoisotopic (exact) mass is 277 g/mol. The van der Waals surface area contributed by atoms with Crippen LogP contribution in [0.1, 0.15) is 44.9 Å². The van der Waals surface area contributed by atoms with Gasteiger partial charge in [0.1, 0.15) is 0 Å². The summed E-state index contributed by atoms with van der Waals surface area (Å²) in [6, 6.07) is -0.175. The fourth-order valence-corrected chi connectivity index (χ4v) is 4.15. The highest BCUT2D eigenvalue weighted by Gasteiger charge is 2.41. The van der Waals surface area contributed by atoms with Gasteiger partial charge in [0.25, 0.3) is 0 Å². The Hall–Kier alpha value is -1.32. The zero-order valence-electron chi connectivity index (χ0n) is 11.8. The summed E-state index contributed by atoms with van der Waals surface area (Å²) in [7, 11) is 0. The topological polar surface area (TPSA) is 66.4 Å². The maximum atomic E-state index is 12.4. The largest absolute Gasteiger partial charge is 0.481 e. The van der Waals surface area contributed by atoms with Gasteiger partial charge in [0, 0.05) is 12.0 Å². The molecule has 0 spiro atoms. The lowest BCUT2D eigenvalue weighted by Gasteiger charge is -2.26. The Kier molecular flexibility index (Phi) is 3.81. The molecule has 3 aliphatic rings. The fraction of sp³-hybridized carbons (Fsp3) is 0.750. The molecule has 0 aromatic heterocycles. The molecule has 4 heteroatoms. The molecule has 0 aromatic rings. The number of carbonyl (C=O) groups excluding carboxylic acids is 1. The van der Waals surface area contributed by atoms with E-state index in [4.69, 9.17) is 0 Å². The summed E-state index contributed by atoms with van der Waals surface area (Å²) >= 11 is 0. The Bertz CT molecular complexity index is 431.